The fourth-order valence-corrected chi connectivity index (χ4v) is 2.70. The Balaban J connectivity index is 1.92. The fraction of sp³-hybridized carbons (Fsp3) is 0.727. The number of piperazine rings is 1. The molecule has 4 nitrogen and oxygen atoms in total. The SMILES string of the molecule is CC(C)(CN)N1CCN(c2nccs2)CC1. The number of rotatable bonds is 3. The largest absolute Gasteiger partial charge is 0.346 e. The Bertz CT molecular complexity index is 315. The highest BCUT2D eigenvalue weighted by atomic mass is 32.1. The number of nitrogens with two attached hydrogens (primary N) is 1. The van der Waals surface area contributed by atoms with E-state index in [1.54, 1.807) is 11.3 Å². The summed E-state index contributed by atoms with van der Waals surface area (Å²) in [5.41, 5.74) is 5.92. The molecular weight excluding hydrogens is 220 g/mol. The summed E-state index contributed by atoms with van der Waals surface area (Å²) in [5.74, 6) is 0. The minimum absolute atomic E-state index is 0.120. The minimum atomic E-state index is 0.120. The van der Waals surface area contributed by atoms with Gasteiger partial charge in [-0.2, -0.15) is 0 Å². The van der Waals surface area contributed by atoms with Crippen LogP contribution < -0.4 is 10.6 Å². The molecule has 1 aromatic rings. The number of nitrogens with zero attached hydrogens (tertiary/aromatic N) is 3. The lowest BCUT2D eigenvalue weighted by Crippen LogP contribution is -2.57. The maximum atomic E-state index is 5.80. The van der Waals surface area contributed by atoms with Gasteiger partial charge in [-0.25, -0.2) is 4.98 Å². The Morgan fingerprint density at radius 2 is 2.06 bits per heavy atom. The standard InChI is InChI=1S/C11H20N4S/c1-11(2,9-12)15-6-4-14(5-7-15)10-13-3-8-16-10/h3,8H,4-7,9,12H2,1-2H3. The minimum Gasteiger partial charge on any atom is -0.346 e. The molecule has 0 radical (unpaired) electrons. The zero-order chi connectivity index (χ0) is 11.6. The first-order valence-electron chi connectivity index (χ1n) is 5.73. The molecule has 0 bridgehead atoms. The van der Waals surface area contributed by atoms with Crippen LogP contribution in [-0.2, 0) is 0 Å². The molecule has 0 atom stereocenters. The highest BCUT2D eigenvalue weighted by Crippen LogP contribution is 2.21. The van der Waals surface area contributed by atoms with E-state index in [4.69, 9.17) is 5.73 Å². The topological polar surface area (TPSA) is 45.4 Å². The van der Waals surface area contributed by atoms with Crippen molar-refractivity contribution in [3.05, 3.63) is 11.6 Å². The monoisotopic (exact) mass is 240 g/mol. The summed E-state index contributed by atoms with van der Waals surface area (Å²) in [6, 6.07) is 0. The van der Waals surface area contributed by atoms with E-state index in [2.05, 4.69) is 28.6 Å². The summed E-state index contributed by atoms with van der Waals surface area (Å²) < 4.78 is 0. The van der Waals surface area contributed by atoms with Crippen molar-refractivity contribution in [1.29, 1.82) is 0 Å². The molecule has 2 rings (SSSR count). The molecule has 90 valence electrons. The lowest BCUT2D eigenvalue weighted by atomic mass is 10.0. The van der Waals surface area contributed by atoms with Crippen molar-refractivity contribution < 1.29 is 0 Å². The van der Waals surface area contributed by atoms with Gasteiger partial charge in [-0.3, -0.25) is 4.90 Å². The van der Waals surface area contributed by atoms with Gasteiger partial charge < -0.3 is 10.6 Å². The fourth-order valence-electron chi connectivity index (χ4n) is 2.00. The van der Waals surface area contributed by atoms with Crippen LogP contribution >= 0.6 is 11.3 Å². The van der Waals surface area contributed by atoms with E-state index in [1.165, 1.54) is 0 Å². The summed E-state index contributed by atoms with van der Waals surface area (Å²) in [6.07, 6.45) is 1.87. The molecule has 1 fully saturated rings. The van der Waals surface area contributed by atoms with Gasteiger partial charge >= 0.3 is 0 Å². The first kappa shape index (κ1) is 11.8. The Morgan fingerprint density at radius 3 is 2.56 bits per heavy atom. The zero-order valence-electron chi connectivity index (χ0n) is 10.0. The van der Waals surface area contributed by atoms with E-state index in [0.717, 1.165) is 31.3 Å². The lowest BCUT2D eigenvalue weighted by Gasteiger charge is -2.43. The molecule has 0 saturated carbocycles. The molecule has 1 aromatic heterocycles. The molecule has 2 heterocycles. The highest BCUT2D eigenvalue weighted by Gasteiger charge is 2.29. The van der Waals surface area contributed by atoms with Crippen molar-refractivity contribution in [3.63, 3.8) is 0 Å². The normalized spacial score (nSPS) is 19.1. The Labute approximate surface area is 101 Å². The third kappa shape index (κ3) is 2.36. The van der Waals surface area contributed by atoms with Crippen molar-refractivity contribution in [2.75, 3.05) is 37.6 Å². The van der Waals surface area contributed by atoms with Crippen LogP contribution in [0.5, 0.6) is 0 Å². The third-order valence-electron chi connectivity index (χ3n) is 3.33. The van der Waals surface area contributed by atoms with E-state index >= 15 is 0 Å². The van der Waals surface area contributed by atoms with Gasteiger partial charge in [0.25, 0.3) is 0 Å². The summed E-state index contributed by atoms with van der Waals surface area (Å²) in [4.78, 5) is 9.17. The molecule has 5 heteroatoms. The predicted octanol–water partition coefficient (Wildman–Crippen LogP) is 1.00. The number of hydrogen-bond acceptors (Lipinski definition) is 5. The van der Waals surface area contributed by atoms with Gasteiger partial charge in [0.05, 0.1) is 0 Å². The molecule has 1 aliphatic heterocycles. The second-order valence-electron chi connectivity index (χ2n) is 4.81. The molecule has 1 saturated heterocycles. The van der Waals surface area contributed by atoms with Crippen LogP contribution in [0, 0.1) is 0 Å². The Morgan fingerprint density at radius 1 is 1.38 bits per heavy atom. The van der Waals surface area contributed by atoms with Crippen LogP contribution in [0.4, 0.5) is 5.13 Å². The van der Waals surface area contributed by atoms with Crippen LogP contribution in [0.25, 0.3) is 0 Å². The lowest BCUT2D eigenvalue weighted by molar-refractivity contribution is 0.119. The van der Waals surface area contributed by atoms with Crippen LogP contribution in [0.2, 0.25) is 0 Å². The van der Waals surface area contributed by atoms with E-state index in [0.29, 0.717) is 6.54 Å². The second-order valence-corrected chi connectivity index (χ2v) is 5.68. The molecule has 0 unspecified atom stereocenters. The molecule has 2 N–H and O–H groups in total. The zero-order valence-corrected chi connectivity index (χ0v) is 10.8. The van der Waals surface area contributed by atoms with E-state index in [9.17, 15) is 0 Å². The van der Waals surface area contributed by atoms with Gasteiger partial charge in [0.1, 0.15) is 0 Å². The van der Waals surface area contributed by atoms with Gasteiger partial charge in [0.2, 0.25) is 0 Å². The first-order valence-corrected chi connectivity index (χ1v) is 6.61. The van der Waals surface area contributed by atoms with Crippen molar-refractivity contribution in [3.8, 4) is 0 Å². The molecule has 16 heavy (non-hydrogen) atoms. The van der Waals surface area contributed by atoms with Crippen molar-refractivity contribution >= 4 is 16.5 Å². The molecular formula is C11H20N4S. The van der Waals surface area contributed by atoms with E-state index < -0.39 is 0 Å². The Hall–Kier alpha value is -0.650. The highest BCUT2D eigenvalue weighted by molar-refractivity contribution is 7.13. The average molecular weight is 240 g/mol. The van der Waals surface area contributed by atoms with Gasteiger partial charge in [-0.1, -0.05) is 0 Å². The van der Waals surface area contributed by atoms with E-state index in [-0.39, 0.29) is 5.54 Å². The number of aromatic nitrogens is 1. The van der Waals surface area contributed by atoms with Gasteiger partial charge in [-0.15, -0.1) is 11.3 Å². The van der Waals surface area contributed by atoms with Gasteiger partial charge in [0.15, 0.2) is 5.13 Å². The summed E-state index contributed by atoms with van der Waals surface area (Å²) in [7, 11) is 0. The molecule has 0 spiro atoms. The first-order chi connectivity index (χ1) is 7.63. The van der Waals surface area contributed by atoms with Crippen molar-refractivity contribution in [2.24, 2.45) is 5.73 Å². The van der Waals surface area contributed by atoms with Gasteiger partial charge in [0, 0.05) is 49.8 Å². The molecule has 0 amide bonds. The molecule has 0 aliphatic carbocycles. The van der Waals surface area contributed by atoms with Crippen LogP contribution in [-0.4, -0.2) is 48.1 Å². The van der Waals surface area contributed by atoms with Crippen molar-refractivity contribution in [2.45, 2.75) is 19.4 Å². The van der Waals surface area contributed by atoms with Crippen LogP contribution in [0.15, 0.2) is 11.6 Å². The molecule has 0 aromatic carbocycles. The smallest absolute Gasteiger partial charge is 0.185 e. The molecule has 1 aliphatic rings. The average Bonchev–Trinajstić information content (AvgIpc) is 2.83. The quantitative estimate of drug-likeness (QED) is 0.856. The van der Waals surface area contributed by atoms with Crippen LogP contribution in [0.3, 0.4) is 0 Å². The van der Waals surface area contributed by atoms with Crippen molar-refractivity contribution in [1.82, 2.24) is 9.88 Å². The summed E-state index contributed by atoms with van der Waals surface area (Å²) >= 11 is 1.72. The third-order valence-corrected chi connectivity index (χ3v) is 4.16. The van der Waals surface area contributed by atoms with E-state index in [1.807, 2.05) is 11.6 Å². The second kappa shape index (κ2) is 4.69. The maximum Gasteiger partial charge on any atom is 0.185 e. The maximum absolute atomic E-state index is 5.80. The van der Waals surface area contributed by atoms with Crippen LogP contribution in [0.1, 0.15) is 13.8 Å². The number of hydrogen-bond donors (Lipinski definition) is 1. The Kier molecular flexibility index (Phi) is 3.47. The number of anilines is 1. The summed E-state index contributed by atoms with van der Waals surface area (Å²) in [6.45, 7) is 9.39. The van der Waals surface area contributed by atoms with Gasteiger partial charge in [-0.05, 0) is 13.8 Å². The number of thiazole rings is 1. The summed E-state index contributed by atoms with van der Waals surface area (Å²) in [5, 5.41) is 3.18. The predicted molar refractivity (Wildman–Crippen MR) is 69.0 cm³/mol.